The van der Waals surface area contributed by atoms with Crippen LogP contribution in [0, 0.1) is 41.5 Å². The third-order valence-corrected chi connectivity index (χ3v) is 9.24. The number of sulfonamides is 1. The van der Waals surface area contributed by atoms with Crippen LogP contribution in [0.5, 0.6) is 0 Å². The highest BCUT2D eigenvalue weighted by atomic mass is 32.2. The third kappa shape index (κ3) is 4.37. The monoisotopic (exact) mass is 468 g/mol. The van der Waals surface area contributed by atoms with E-state index in [2.05, 4.69) is 11.0 Å². The Morgan fingerprint density at radius 2 is 1.36 bits per heavy atom. The molecule has 176 valence electrons. The zero-order valence-corrected chi connectivity index (χ0v) is 21.1. The SMILES string of the molecule is Cc1cc2oc(=O)cc(CN3CCN(S(=O)(=O)c4c(C)c(C)cc(C)c4C)CC3)c2cc1C. The number of hydrogen-bond donors (Lipinski definition) is 0. The fraction of sp³-hybridized carbons (Fsp3) is 0.423. The molecule has 1 saturated heterocycles. The Labute approximate surface area is 195 Å². The van der Waals surface area contributed by atoms with Gasteiger partial charge in [0, 0.05) is 44.2 Å². The van der Waals surface area contributed by atoms with Gasteiger partial charge in [0.25, 0.3) is 0 Å². The summed E-state index contributed by atoms with van der Waals surface area (Å²) in [4.78, 5) is 14.8. The van der Waals surface area contributed by atoms with Gasteiger partial charge < -0.3 is 4.42 Å². The minimum Gasteiger partial charge on any atom is -0.423 e. The molecule has 0 saturated carbocycles. The lowest BCUT2D eigenvalue weighted by Crippen LogP contribution is -2.48. The predicted octanol–water partition coefficient (Wildman–Crippen LogP) is 4.15. The van der Waals surface area contributed by atoms with E-state index in [9.17, 15) is 13.2 Å². The minimum atomic E-state index is -3.57. The first-order valence-corrected chi connectivity index (χ1v) is 12.8. The van der Waals surface area contributed by atoms with Crippen molar-refractivity contribution < 1.29 is 12.8 Å². The van der Waals surface area contributed by atoms with E-state index in [1.165, 1.54) is 0 Å². The van der Waals surface area contributed by atoms with Gasteiger partial charge in [0.15, 0.2) is 0 Å². The molecule has 1 aliphatic heterocycles. The van der Waals surface area contributed by atoms with E-state index in [-0.39, 0.29) is 5.63 Å². The maximum atomic E-state index is 13.5. The molecule has 0 bridgehead atoms. The second kappa shape index (κ2) is 8.70. The normalized spacial score (nSPS) is 15.9. The molecule has 4 rings (SSSR count). The van der Waals surface area contributed by atoms with Crippen molar-refractivity contribution in [1.82, 2.24) is 9.21 Å². The van der Waals surface area contributed by atoms with Crippen LogP contribution in [0.25, 0.3) is 11.0 Å². The van der Waals surface area contributed by atoms with Crippen molar-refractivity contribution in [2.24, 2.45) is 0 Å². The lowest BCUT2D eigenvalue weighted by atomic mass is 10.0. The van der Waals surface area contributed by atoms with Gasteiger partial charge in [-0.25, -0.2) is 13.2 Å². The molecule has 2 heterocycles. The van der Waals surface area contributed by atoms with Crippen LogP contribution in [0.4, 0.5) is 0 Å². The molecular formula is C26H32N2O4S. The highest BCUT2D eigenvalue weighted by Gasteiger charge is 2.32. The Bertz CT molecular complexity index is 1370. The zero-order valence-electron chi connectivity index (χ0n) is 20.3. The van der Waals surface area contributed by atoms with Crippen LogP contribution in [-0.2, 0) is 16.6 Å². The second-order valence-electron chi connectivity index (χ2n) is 9.29. The van der Waals surface area contributed by atoms with Crippen LogP contribution in [0.3, 0.4) is 0 Å². The molecule has 0 aliphatic carbocycles. The summed E-state index contributed by atoms with van der Waals surface area (Å²) in [6, 6.07) is 7.58. The first kappa shape index (κ1) is 23.7. The molecule has 6 nitrogen and oxygen atoms in total. The number of hydrogen-bond acceptors (Lipinski definition) is 5. The molecule has 1 aliphatic rings. The van der Waals surface area contributed by atoms with Crippen molar-refractivity contribution >= 4 is 21.0 Å². The molecule has 1 aromatic heterocycles. The van der Waals surface area contributed by atoms with Gasteiger partial charge in [-0.05, 0) is 92.6 Å². The molecule has 33 heavy (non-hydrogen) atoms. The molecule has 3 aromatic rings. The highest BCUT2D eigenvalue weighted by molar-refractivity contribution is 7.89. The van der Waals surface area contributed by atoms with E-state index in [4.69, 9.17) is 4.42 Å². The highest BCUT2D eigenvalue weighted by Crippen LogP contribution is 2.30. The summed E-state index contributed by atoms with van der Waals surface area (Å²) in [7, 11) is -3.57. The van der Waals surface area contributed by atoms with E-state index in [0.717, 1.165) is 44.3 Å². The van der Waals surface area contributed by atoms with Gasteiger partial charge in [0.05, 0.1) is 4.90 Å². The summed E-state index contributed by atoms with van der Waals surface area (Å²) in [5.41, 5.74) is 7.03. The lowest BCUT2D eigenvalue weighted by Gasteiger charge is -2.35. The largest absolute Gasteiger partial charge is 0.423 e. The smallest absolute Gasteiger partial charge is 0.336 e. The summed E-state index contributed by atoms with van der Waals surface area (Å²) in [5.74, 6) is 0. The maximum Gasteiger partial charge on any atom is 0.336 e. The number of aryl methyl sites for hydroxylation is 4. The summed E-state index contributed by atoms with van der Waals surface area (Å²) in [6.07, 6.45) is 0. The fourth-order valence-electron chi connectivity index (χ4n) is 4.68. The van der Waals surface area contributed by atoms with E-state index < -0.39 is 10.0 Å². The number of benzene rings is 2. The Morgan fingerprint density at radius 3 is 1.97 bits per heavy atom. The van der Waals surface area contributed by atoms with E-state index in [0.29, 0.717) is 43.2 Å². The summed E-state index contributed by atoms with van der Waals surface area (Å²) in [5, 5.41) is 0.939. The minimum absolute atomic E-state index is 0.359. The standard InChI is InChI=1S/C26H32N2O4S/c1-16-12-23-22(14-25(29)32-24(23)13-17(16)2)15-27-7-9-28(10-8-27)33(30,31)26-20(5)18(3)11-19(4)21(26)6/h11-14H,7-10,15H2,1-6H3. The van der Waals surface area contributed by atoms with E-state index in [1.54, 1.807) is 10.4 Å². The van der Waals surface area contributed by atoms with Crippen LogP contribution >= 0.6 is 0 Å². The van der Waals surface area contributed by atoms with Gasteiger partial charge in [-0.2, -0.15) is 4.31 Å². The zero-order chi connectivity index (χ0) is 24.1. The molecule has 1 fully saturated rings. The Hall–Kier alpha value is -2.48. The number of rotatable bonds is 4. The van der Waals surface area contributed by atoms with Crippen molar-refractivity contribution in [2.75, 3.05) is 26.2 Å². The van der Waals surface area contributed by atoms with E-state index >= 15 is 0 Å². The van der Waals surface area contributed by atoms with E-state index in [1.807, 2.05) is 53.7 Å². The van der Waals surface area contributed by atoms with Crippen molar-refractivity contribution in [3.8, 4) is 0 Å². The Morgan fingerprint density at radius 1 is 0.788 bits per heavy atom. The van der Waals surface area contributed by atoms with Gasteiger partial charge in [-0.15, -0.1) is 0 Å². The molecule has 0 N–H and O–H groups in total. The van der Waals surface area contributed by atoms with Crippen molar-refractivity contribution in [3.63, 3.8) is 0 Å². The van der Waals surface area contributed by atoms with Crippen LogP contribution in [0.15, 0.2) is 38.4 Å². The fourth-order valence-corrected chi connectivity index (χ4v) is 6.68. The number of nitrogens with zero attached hydrogens (tertiary/aromatic N) is 2. The molecule has 2 aromatic carbocycles. The maximum absolute atomic E-state index is 13.5. The molecule has 0 spiro atoms. The van der Waals surface area contributed by atoms with Crippen molar-refractivity contribution in [1.29, 1.82) is 0 Å². The van der Waals surface area contributed by atoms with Crippen LogP contribution in [-0.4, -0.2) is 43.8 Å². The first-order chi connectivity index (χ1) is 15.5. The molecule has 0 radical (unpaired) electrons. The number of fused-ring (bicyclic) bond motifs is 1. The van der Waals surface area contributed by atoms with Crippen molar-refractivity contribution in [2.45, 2.75) is 53.0 Å². The van der Waals surface area contributed by atoms with Gasteiger partial charge >= 0.3 is 5.63 Å². The Kier molecular flexibility index (Phi) is 6.24. The van der Waals surface area contributed by atoms with Gasteiger partial charge in [0.2, 0.25) is 10.0 Å². The third-order valence-electron chi connectivity index (χ3n) is 7.06. The van der Waals surface area contributed by atoms with Crippen LogP contribution in [0.1, 0.15) is 38.9 Å². The molecule has 0 amide bonds. The quantitative estimate of drug-likeness (QED) is 0.538. The second-order valence-corrected chi connectivity index (χ2v) is 11.2. The summed E-state index contributed by atoms with van der Waals surface area (Å²) in [6.45, 7) is 14.4. The summed E-state index contributed by atoms with van der Waals surface area (Å²) >= 11 is 0. The molecule has 0 atom stereocenters. The van der Waals surface area contributed by atoms with Crippen LogP contribution in [0.2, 0.25) is 0 Å². The van der Waals surface area contributed by atoms with Gasteiger partial charge in [-0.1, -0.05) is 6.07 Å². The van der Waals surface area contributed by atoms with Gasteiger partial charge in [-0.3, -0.25) is 4.90 Å². The summed E-state index contributed by atoms with van der Waals surface area (Å²) < 4.78 is 34.1. The topological polar surface area (TPSA) is 70.8 Å². The Balaban J connectivity index is 1.56. The number of piperazine rings is 1. The average Bonchev–Trinajstić information content (AvgIpc) is 2.74. The average molecular weight is 469 g/mol. The van der Waals surface area contributed by atoms with Crippen molar-refractivity contribution in [3.05, 3.63) is 73.6 Å². The molecular weight excluding hydrogens is 436 g/mol. The van der Waals surface area contributed by atoms with Gasteiger partial charge in [0.1, 0.15) is 5.58 Å². The van der Waals surface area contributed by atoms with Crippen LogP contribution < -0.4 is 5.63 Å². The lowest BCUT2D eigenvalue weighted by molar-refractivity contribution is 0.182. The molecule has 7 heteroatoms. The molecule has 0 unspecified atom stereocenters. The first-order valence-electron chi connectivity index (χ1n) is 11.3. The predicted molar refractivity (Wildman–Crippen MR) is 131 cm³/mol.